The molecule has 0 heterocycles. The van der Waals surface area contributed by atoms with Gasteiger partial charge in [-0.1, -0.05) is 53.7 Å². The molecule has 0 bridgehead atoms. The smallest absolute Gasteiger partial charge is 0.127 e. The number of phenolic OH excluding ortho intramolecular Hbond substituents is 2. The van der Waals surface area contributed by atoms with Gasteiger partial charge in [-0.15, -0.1) is 0 Å². The highest BCUT2D eigenvalue weighted by Gasteiger charge is 2.27. The molecule has 2 rings (SSSR count). The molecule has 2 N–H and O–H groups in total. The van der Waals surface area contributed by atoms with E-state index in [2.05, 4.69) is 53.7 Å². The first-order valence-electron chi connectivity index (χ1n) is 9.35. The fourth-order valence-corrected chi connectivity index (χ4v) is 3.99. The molecule has 0 saturated carbocycles. The van der Waals surface area contributed by atoms with Crippen molar-refractivity contribution < 1.29 is 10.2 Å². The van der Waals surface area contributed by atoms with Crippen molar-refractivity contribution in [1.82, 2.24) is 0 Å². The number of rotatable bonds is 1. The second kappa shape index (κ2) is 6.33. The molecular weight excluding hydrogens is 320 g/mol. The zero-order valence-electron chi connectivity index (χ0n) is 18.0. The van der Waals surface area contributed by atoms with Gasteiger partial charge in [0.2, 0.25) is 0 Å². The Labute approximate surface area is 158 Å². The van der Waals surface area contributed by atoms with Crippen molar-refractivity contribution in [2.24, 2.45) is 0 Å². The fraction of sp³-hybridized carbons (Fsp3) is 0.500. The van der Waals surface area contributed by atoms with Crippen LogP contribution >= 0.6 is 0 Å². The maximum absolute atomic E-state index is 11.0. The van der Waals surface area contributed by atoms with E-state index in [0.29, 0.717) is 0 Å². The molecule has 26 heavy (non-hydrogen) atoms. The van der Waals surface area contributed by atoms with Crippen LogP contribution in [-0.2, 0) is 10.8 Å². The zero-order chi connectivity index (χ0) is 20.2. The number of aryl methyl sites for hydroxylation is 2. The van der Waals surface area contributed by atoms with E-state index in [9.17, 15) is 10.2 Å². The van der Waals surface area contributed by atoms with Crippen LogP contribution in [0.2, 0.25) is 0 Å². The Morgan fingerprint density at radius 2 is 0.846 bits per heavy atom. The van der Waals surface area contributed by atoms with Gasteiger partial charge in [0, 0.05) is 11.1 Å². The number of hydrogen-bond donors (Lipinski definition) is 2. The molecule has 0 aliphatic rings. The Kier molecular flexibility index (Phi) is 4.96. The van der Waals surface area contributed by atoms with Crippen molar-refractivity contribution in [3.8, 4) is 22.6 Å². The van der Waals surface area contributed by atoms with Crippen LogP contribution in [0.5, 0.6) is 11.5 Å². The SMILES string of the molecule is Cc1cc(C(C)(C)C)c(C)c(O)c1-c1c(C)cc(C(C)(C)C)c(C)c1O. The van der Waals surface area contributed by atoms with Crippen LogP contribution in [0.3, 0.4) is 0 Å². The van der Waals surface area contributed by atoms with Crippen LogP contribution in [0, 0.1) is 27.7 Å². The lowest BCUT2D eigenvalue weighted by molar-refractivity contribution is 0.459. The Bertz CT molecular complexity index is 786. The average molecular weight is 355 g/mol. The average Bonchev–Trinajstić information content (AvgIpc) is 2.47. The van der Waals surface area contributed by atoms with Gasteiger partial charge in [0.25, 0.3) is 0 Å². The third kappa shape index (κ3) is 3.34. The van der Waals surface area contributed by atoms with Gasteiger partial charge in [0.15, 0.2) is 0 Å². The highest BCUT2D eigenvalue weighted by Crippen LogP contribution is 2.47. The molecule has 0 aliphatic heterocycles. The minimum absolute atomic E-state index is 0.0477. The summed E-state index contributed by atoms with van der Waals surface area (Å²) in [6.45, 7) is 20.8. The summed E-state index contributed by atoms with van der Waals surface area (Å²) in [5.41, 5.74) is 7.40. The molecule has 2 aromatic carbocycles. The Morgan fingerprint density at radius 3 is 1.08 bits per heavy atom. The second-order valence-corrected chi connectivity index (χ2v) is 9.68. The molecule has 0 saturated heterocycles. The molecule has 2 heteroatoms. The summed E-state index contributed by atoms with van der Waals surface area (Å²) in [6.07, 6.45) is 0. The summed E-state index contributed by atoms with van der Waals surface area (Å²) in [6, 6.07) is 4.30. The third-order valence-electron chi connectivity index (χ3n) is 5.37. The zero-order valence-corrected chi connectivity index (χ0v) is 18.0. The monoisotopic (exact) mass is 354 g/mol. The van der Waals surface area contributed by atoms with E-state index in [0.717, 1.165) is 44.5 Å². The number of benzene rings is 2. The van der Waals surface area contributed by atoms with Gasteiger partial charge in [-0.2, -0.15) is 0 Å². The fourth-order valence-electron chi connectivity index (χ4n) is 3.99. The van der Waals surface area contributed by atoms with E-state index in [1.807, 2.05) is 27.7 Å². The van der Waals surface area contributed by atoms with E-state index in [1.165, 1.54) is 0 Å². The predicted molar refractivity (Wildman–Crippen MR) is 112 cm³/mol. The minimum atomic E-state index is -0.0477. The van der Waals surface area contributed by atoms with Crippen molar-refractivity contribution in [1.29, 1.82) is 0 Å². The summed E-state index contributed by atoms with van der Waals surface area (Å²) >= 11 is 0. The van der Waals surface area contributed by atoms with Crippen molar-refractivity contribution in [3.05, 3.63) is 45.5 Å². The third-order valence-corrected chi connectivity index (χ3v) is 5.37. The van der Waals surface area contributed by atoms with Crippen LogP contribution < -0.4 is 0 Å². The molecule has 0 aliphatic carbocycles. The summed E-state index contributed by atoms with van der Waals surface area (Å²) in [5.74, 6) is 0.549. The molecule has 142 valence electrons. The Hall–Kier alpha value is -1.96. The quantitative estimate of drug-likeness (QED) is 0.606. The molecule has 0 fully saturated rings. The first-order chi connectivity index (χ1) is 11.7. The molecule has 2 nitrogen and oxygen atoms in total. The lowest BCUT2D eigenvalue weighted by atomic mass is 9.78. The summed E-state index contributed by atoms with van der Waals surface area (Å²) in [7, 11) is 0. The second-order valence-electron chi connectivity index (χ2n) is 9.68. The van der Waals surface area contributed by atoms with E-state index in [4.69, 9.17) is 0 Å². The normalized spacial score (nSPS) is 12.5. The number of aromatic hydroxyl groups is 2. The molecule has 2 aromatic rings. The van der Waals surface area contributed by atoms with Gasteiger partial charge >= 0.3 is 0 Å². The van der Waals surface area contributed by atoms with Crippen LogP contribution in [-0.4, -0.2) is 10.2 Å². The summed E-state index contributed by atoms with van der Waals surface area (Å²) in [5, 5.41) is 22.1. The van der Waals surface area contributed by atoms with Crippen molar-refractivity contribution in [2.75, 3.05) is 0 Å². The first-order valence-corrected chi connectivity index (χ1v) is 9.35. The molecular formula is C24H34O2. The first kappa shape index (κ1) is 20.4. The Balaban J connectivity index is 2.87. The van der Waals surface area contributed by atoms with Crippen LogP contribution in [0.25, 0.3) is 11.1 Å². The lowest BCUT2D eigenvalue weighted by Gasteiger charge is -2.28. The van der Waals surface area contributed by atoms with Crippen LogP contribution in [0.1, 0.15) is 74.9 Å². The van der Waals surface area contributed by atoms with Crippen molar-refractivity contribution in [2.45, 2.75) is 80.1 Å². The van der Waals surface area contributed by atoms with Crippen LogP contribution in [0.4, 0.5) is 0 Å². The number of hydrogen-bond acceptors (Lipinski definition) is 2. The van der Waals surface area contributed by atoms with E-state index in [-0.39, 0.29) is 22.3 Å². The maximum Gasteiger partial charge on any atom is 0.127 e. The summed E-state index contributed by atoms with van der Waals surface area (Å²) < 4.78 is 0. The standard InChI is InChI=1S/C24H34O2/c1-13-11-17(23(5,6)7)15(3)21(25)19(13)20-14(2)12-18(24(8,9)10)16(4)22(20)26/h11-12,25-26H,1-10H3. The van der Waals surface area contributed by atoms with E-state index < -0.39 is 0 Å². The molecule has 0 spiro atoms. The topological polar surface area (TPSA) is 40.5 Å². The van der Waals surface area contributed by atoms with Gasteiger partial charge in [0.1, 0.15) is 11.5 Å². The highest BCUT2D eigenvalue weighted by atomic mass is 16.3. The molecule has 0 unspecified atom stereocenters. The Morgan fingerprint density at radius 1 is 0.577 bits per heavy atom. The van der Waals surface area contributed by atoms with Crippen molar-refractivity contribution >= 4 is 0 Å². The summed E-state index contributed by atoms with van der Waals surface area (Å²) in [4.78, 5) is 0. The molecule has 0 amide bonds. The molecule has 0 radical (unpaired) electrons. The van der Waals surface area contributed by atoms with Gasteiger partial charge in [-0.3, -0.25) is 0 Å². The van der Waals surface area contributed by atoms with Crippen molar-refractivity contribution in [3.63, 3.8) is 0 Å². The van der Waals surface area contributed by atoms with E-state index in [1.54, 1.807) is 0 Å². The lowest BCUT2D eigenvalue weighted by Crippen LogP contribution is -2.15. The molecule has 0 atom stereocenters. The number of phenols is 2. The molecule has 0 aromatic heterocycles. The van der Waals surface area contributed by atoms with Gasteiger partial charge in [-0.05, 0) is 71.9 Å². The van der Waals surface area contributed by atoms with Gasteiger partial charge in [-0.25, -0.2) is 0 Å². The predicted octanol–water partition coefficient (Wildman–Crippen LogP) is 6.59. The highest BCUT2D eigenvalue weighted by molar-refractivity contribution is 5.84. The van der Waals surface area contributed by atoms with Gasteiger partial charge in [0.05, 0.1) is 0 Å². The maximum atomic E-state index is 11.0. The van der Waals surface area contributed by atoms with Crippen LogP contribution in [0.15, 0.2) is 12.1 Å². The van der Waals surface area contributed by atoms with Gasteiger partial charge < -0.3 is 10.2 Å². The van der Waals surface area contributed by atoms with E-state index >= 15 is 0 Å². The minimum Gasteiger partial charge on any atom is -0.507 e. The largest absolute Gasteiger partial charge is 0.507 e.